The fourth-order valence-corrected chi connectivity index (χ4v) is 2.05. The summed E-state index contributed by atoms with van der Waals surface area (Å²) in [6, 6.07) is 13.6. The molecule has 0 amide bonds. The van der Waals surface area contributed by atoms with E-state index in [-0.39, 0.29) is 18.9 Å². The molecule has 0 saturated carbocycles. The summed E-state index contributed by atoms with van der Waals surface area (Å²) >= 11 is 5.77. The summed E-state index contributed by atoms with van der Waals surface area (Å²) in [6.45, 7) is 2.09. The molecule has 0 radical (unpaired) electrons. The standard InChI is InChI=1S/C19H18ClFN2O3/c1-2-25-19(24)18(20)23-22-16-13-15(21)10-11-17(16)26-12-6-9-14-7-4-3-5-8-14/h3-11,13,18H,2,12H2,1H3. The molecule has 136 valence electrons. The maximum atomic E-state index is 13.5. The van der Waals surface area contributed by atoms with Gasteiger partial charge in [0.25, 0.3) is 0 Å². The van der Waals surface area contributed by atoms with Crippen molar-refractivity contribution in [1.29, 1.82) is 0 Å². The summed E-state index contributed by atoms with van der Waals surface area (Å²) in [7, 11) is 0. The number of carbonyl (C=O) groups is 1. The zero-order chi connectivity index (χ0) is 18.8. The van der Waals surface area contributed by atoms with E-state index in [4.69, 9.17) is 21.1 Å². The molecule has 5 nitrogen and oxygen atoms in total. The second-order valence-electron chi connectivity index (χ2n) is 5.04. The van der Waals surface area contributed by atoms with Gasteiger partial charge < -0.3 is 9.47 Å². The molecule has 0 N–H and O–H groups in total. The number of hydrogen-bond acceptors (Lipinski definition) is 5. The van der Waals surface area contributed by atoms with Crippen molar-refractivity contribution in [2.45, 2.75) is 12.4 Å². The zero-order valence-electron chi connectivity index (χ0n) is 14.1. The third kappa shape index (κ3) is 6.29. The van der Waals surface area contributed by atoms with E-state index in [9.17, 15) is 9.18 Å². The summed E-state index contributed by atoms with van der Waals surface area (Å²) in [6.07, 6.45) is 3.73. The van der Waals surface area contributed by atoms with Crippen LogP contribution in [0.4, 0.5) is 10.1 Å². The number of nitrogens with zero attached hydrogens (tertiary/aromatic N) is 2. The van der Waals surface area contributed by atoms with E-state index in [0.29, 0.717) is 5.75 Å². The Morgan fingerprint density at radius 3 is 2.77 bits per heavy atom. The first kappa shape index (κ1) is 19.6. The van der Waals surface area contributed by atoms with Crippen molar-refractivity contribution in [2.24, 2.45) is 10.2 Å². The van der Waals surface area contributed by atoms with E-state index in [1.807, 2.05) is 42.5 Å². The highest BCUT2D eigenvalue weighted by Crippen LogP contribution is 2.29. The predicted molar refractivity (Wildman–Crippen MR) is 98.2 cm³/mol. The summed E-state index contributed by atoms with van der Waals surface area (Å²) < 4.78 is 23.8. The second-order valence-corrected chi connectivity index (χ2v) is 5.45. The molecule has 26 heavy (non-hydrogen) atoms. The lowest BCUT2D eigenvalue weighted by atomic mass is 10.2. The third-order valence-corrected chi connectivity index (χ3v) is 3.38. The fourth-order valence-electron chi connectivity index (χ4n) is 1.95. The maximum Gasteiger partial charge on any atom is 0.348 e. The van der Waals surface area contributed by atoms with Gasteiger partial charge in [-0.05, 0) is 30.7 Å². The quantitative estimate of drug-likeness (QED) is 0.278. The number of rotatable bonds is 8. The lowest BCUT2D eigenvalue weighted by molar-refractivity contribution is -0.142. The summed E-state index contributed by atoms with van der Waals surface area (Å²) in [4.78, 5) is 11.4. The van der Waals surface area contributed by atoms with Crippen molar-refractivity contribution in [3.8, 4) is 5.75 Å². The normalized spacial score (nSPS) is 12.4. The highest BCUT2D eigenvalue weighted by molar-refractivity contribution is 6.29. The van der Waals surface area contributed by atoms with Crippen LogP contribution in [0.5, 0.6) is 5.75 Å². The van der Waals surface area contributed by atoms with E-state index in [2.05, 4.69) is 10.2 Å². The highest BCUT2D eigenvalue weighted by Gasteiger charge is 2.15. The topological polar surface area (TPSA) is 60.2 Å². The number of carbonyl (C=O) groups excluding carboxylic acids is 1. The monoisotopic (exact) mass is 376 g/mol. The van der Waals surface area contributed by atoms with Gasteiger partial charge in [-0.1, -0.05) is 48.0 Å². The molecule has 0 aromatic heterocycles. The van der Waals surface area contributed by atoms with Crippen LogP contribution in [0.25, 0.3) is 6.08 Å². The number of benzene rings is 2. The second kappa shape index (κ2) is 10.3. The van der Waals surface area contributed by atoms with Crippen LogP contribution in [0.1, 0.15) is 12.5 Å². The molecule has 0 spiro atoms. The van der Waals surface area contributed by atoms with Crippen molar-refractivity contribution in [3.05, 3.63) is 66.0 Å². The Kier molecular flexibility index (Phi) is 7.76. The van der Waals surface area contributed by atoms with Gasteiger partial charge >= 0.3 is 5.97 Å². The first-order chi connectivity index (χ1) is 12.6. The Labute approximate surface area is 156 Å². The Balaban J connectivity index is 2.02. The molecule has 2 rings (SSSR count). The van der Waals surface area contributed by atoms with Gasteiger partial charge in [0.1, 0.15) is 23.9 Å². The molecule has 2 aromatic rings. The lowest BCUT2D eigenvalue weighted by Gasteiger charge is -2.07. The van der Waals surface area contributed by atoms with Crippen molar-refractivity contribution in [1.82, 2.24) is 0 Å². The molecule has 0 saturated heterocycles. The van der Waals surface area contributed by atoms with Gasteiger partial charge in [0.05, 0.1) is 6.61 Å². The minimum Gasteiger partial charge on any atom is -0.487 e. The van der Waals surface area contributed by atoms with Crippen LogP contribution in [0, 0.1) is 5.82 Å². The van der Waals surface area contributed by atoms with Gasteiger partial charge in [0.2, 0.25) is 5.50 Å². The third-order valence-electron chi connectivity index (χ3n) is 3.11. The SMILES string of the molecule is CCOC(=O)C(Cl)N=Nc1cc(F)ccc1OCC=Cc1ccccc1. The van der Waals surface area contributed by atoms with E-state index in [0.717, 1.165) is 11.6 Å². The van der Waals surface area contributed by atoms with E-state index in [1.165, 1.54) is 12.1 Å². The lowest BCUT2D eigenvalue weighted by Crippen LogP contribution is -2.15. The highest BCUT2D eigenvalue weighted by atomic mass is 35.5. The van der Waals surface area contributed by atoms with E-state index < -0.39 is 17.3 Å². The van der Waals surface area contributed by atoms with E-state index in [1.54, 1.807) is 6.92 Å². The molecule has 1 unspecified atom stereocenters. The minimum absolute atomic E-state index is 0.132. The Bertz CT molecular complexity index is 782. The number of ether oxygens (including phenoxy) is 2. The average Bonchev–Trinajstić information content (AvgIpc) is 2.65. The summed E-state index contributed by atoms with van der Waals surface area (Å²) in [5, 5.41) is 7.45. The van der Waals surface area contributed by atoms with Crippen molar-refractivity contribution >= 4 is 29.3 Å². The smallest absolute Gasteiger partial charge is 0.348 e. The van der Waals surface area contributed by atoms with E-state index >= 15 is 0 Å². The van der Waals surface area contributed by atoms with Crippen LogP contribution in [0.3, 0.4) is 0 Å². The molecule has 0 aliphatic rings. The zero-order valence-corrected chi connectivity index (χ0v) is 14.9. The number of alkyl halides is 1. The maximum absolute atomic E-state index is 13.5. The Morgan fingerprint density at radius 2 is 2.04 bits per heavy atom. The van der Waals surface area contributed by atoms with Gasteiger partial charge in [-0.2, -0.15) is 5.11 Å². The summed E-state index contributed by atoms with van der Waals surface area (Å²) in [5.41, 5.74) is -0.133. The largest absolute Gasteiger partial charge is 0.487 e. The molecule has 0 heterocycles. The molecular weight excluding hydrogens is 359 g/mol. The van der Waals surface area contributed by atoms with Crippen LogP contribution < -0.4 is 4.74 Å². The van der Waals surface area contributed by atoms with Crippen molar-refractivity contribution < 1.29 is 18.7 Å². The fraction of sp³-hybridized carbons (Fsp3) is 0.211. The van der Waals surface area contributed by atoms with Crippen molar-refractivity contribution in [3.63, 3.8) is 0 Å². The predicted octanol–water partition coefficient (Wildman–Crippen LogP) is 5.13. The molecule has 7 heteroatoms. The van der Waals surface area contributed by atoms with Crippen LogP contribution >= 0.6 is 11.6 Å². The first-order valence-corrected chi connectivity index (χ1v) is 8.39. The molecule has 0 aliphatic heterocycles. The molecule has 0 bridgehead atoms. The average molecular weight is 377 g/mol. The molecular formula is C19H18ClFN2O3. The van der Waals surface area contributed by atoms with Gasteiger partial charge in [0.15, 0.2) is 0 Å². The van der Waals surface area contributed by atoms with Crippen LogP contribution in [0.2, 0.25) is 0 Å². The number of azo groups is 1. The van der Waals surface area contributed by atoms with Gasteiger partial charge in [-0.15, -0.1) is 5.11 Å². The van der Waals surface area contributed by atoms with Gasteiger partial charge in [-0.25, -0.2) is 9.18 Å². The van der Waals surface area contributed by atoms with Crippen LogP contribution in [0.15, 0.2) is 64.8 Å². The molecule has 0 aliphatic carbocycles. The number of hydrogen-bond donors (Lipinski definition) is 0. The van der Waals surface area contributed by atoms with Crippen molar-refractivity contribution in [2.75, 3.05) is 13.2 Å². The number of halogens is 2. The van der Waals surface area contributed by atoms with Gasteiger partial charge in [0, 0.05) is 6.07 Å². The molecule has 2 aromatic carbocycles. The van der Waals surface area contributed by atoms with Crippen LogP contribution in [-0.2, 0) is 9.53 Å². The Morgan fingerprint density at radius 1 is 1.27 bits per heavy atom. The minimum atomic E-state index is -1.30. The summed E-state index contributed by atoms with van der Waals surface area (Å²) in [5.74, 6) is -0.906. The number of esters is 1. The molecule has 1 atom stereocenters. The first-order valence-electron chi connectivity index (χ1n) is 7.95. The Hall–Kier alpha value is -2.73. The molecule has 0 fully saturated rings. The van der Waals surface area contributed by atoms with Gasteiger partial charge in [-0.3, -0.25) is 0 Å². The van der Waals surface area contributed by atoms with Crippen LogP contribution in [-0.4, -0.2) is 24.7 Å².